The molecule has 0 radical (unpaired) electrons. The molecule has 24 heavy (non-hydrogen) atoms. The van der Waals surface area contributed by atoms with Gasteiger partial charge in [0.2, 0.25) is 5.78 Å². The van der Waals surface area contributed by atoms with Crippen LogP contribution in [-0.4, -0.2) is 17.6 Å². The van der Waals surface area contributed by atoms with Crippen molar-refractivity contribution in [3.8, 4) is 0 Å². The second-order valence-corrected chi connectivity index (χ2v) is 6.85. The topological polar surface area (TPSA) is 26.3 Å². The van der Waals surface area contributed by atoms with E-state index in [0.717, 1.165) is 0 Å². The third-order valence-electron chi connectivity index (χ3n) is 3.89. The molecule has 1 aliphatic rings. The number of halogens is 2. The normalized spacial score (nSPS) is 16.5. The van der Waals surface area contributed by atoms with Crippen molar-refractivity contribution in [3.05, 3.63) is 65.2 Å². The van der Waals surface area contributed by atoms with Gasteiger partial charge in [-0.15, -0.1) is 11.8 Å². The van der Waals surface area contributed by atoms with Crippen LogP contribution in [0.15, 0.2) is 47.4 Å². The fourth-order valence-corrected chi connectivity index (χ4v) is 3.13. The lowest BCUT2D eigenvalue weighted by Crippen LogP contribution is -2.29. The summed E-state index contributed by atoms with van der Waals surface area (Å²) in [5.41, 5.74) is 0.0836. The number of Topliss-reactive ketones (excluding diaryl/α,β-unsaturated/α-hetero) is 1. The van der Waals surface area contributed by atoms with Crippen molar-refractivity contribution in [1.82, 2.24) is 0 Å². The van der Waals surface area contributed by atoms with Crippen molar-refractivity contribution in [2.24, 2.45) is 0 Å². The summed E-state index contributed by atoms with van der Waals surface area (Å²) in [4.78, 5) is 13.2. The second kappa shape index (κ2) is 6.06. The van der Waals surface area contributed by atoms with E-state index in [2.05, 4.69) is 0 Å². The average molecular weight is 346 g/mol. The van der Waals surface area contributed by atoms with Crippen LogP contribution < -0.4 is 0 Å². The molecule has 2 nitrogen and oxygen atoms in total. The summed E-state index contributed by atoms with van der Waals surface area (Å²) in [6, 6.07) is 10.5. The third-order valence-corrected chi connectivity index (χ3v) is 4.66. The molecule has 0 aromatic heterocycles. The van der Waals surface area contributed by atoms with Crippen molar-refractivity contribution in [2.45, 2.75) is 24.3 Å². The molecule has 2 aromatic rings. The van der Waals surface area contributed by atoms with E-state index < -0.39 is 11.4 Å². The lowest BCUT2D eigenvalue weighted by Gasteiger charge is -2.18. The number of thioether (sulfide) groups is 1. The Morgan fingerprint density at radius 1 is 1.04 bits per heavy atom. The zero-order chi connectivity index (χ0) is 17.5. The zero-order valence-electron chi connectivity index (χ0n) is 13.5. The van der Waals surface area contributed by atoms with E-state index in [9.17, 15) is 13.6 Å². The first-order valence-corrected chi connectivity index (χ1v) is 8.64. The Morgan fingerprint density at radius 3 is 2.42 bits per heavy atom. The highest BCUT2D eigenvalue weighted by atomic mass is 32.2. The van der Waals surface area contributed by atoms with Crippen LogP contribution in [0.1, 0.15) is 25.0 Å². The Bertz CT molecular complexity index is 856. The van der Waals surface area contributed by atoms with Gasteiger partial charge in [-0.3, -0.25) is 4.79 Å². The monoisotopic (exact) mass is 346 g/mol. The van der Waals surface area contributed by atoms with E-state index in [0.29, 0.717) is 16.0 Å². The summed E-state index contributed by atoms with van der Waals surface area (Å²) < 4.78 is 33.6. The Labute approximate surface area is 143 Å². The summed E-state index contributed by atoms with van der Waals surface area (Å²) in [6.45, 7) is 3.29. The standard InChI is InChI=1S/C19H16F2O2S/c1-19(2)18(22)16(11-5-4-6-13(20)9-11)17(23-19)12-7-8-15(24-3)14(21)10-12/h4-10H,1-3H3. The number of hydrogen-bond donors (Lipinski definition) is 0. The SMILES string of the molecule is CSc1ccc(C2=C(c3cccc(F)c3)C(=O)C(C)(C)O2)cc1F. The third kappa shape index (κ3) is 2.84. The Kier molecular flexibility index (Phi) is 4.22. The smallest absolute Gasteiger partial charge is 0.210 e. The molecule has 0 bridgehead atoms. The van der Waals surface area contributed by atoms with Gasteiger partial charge in [-0.1, -0.05) is 12.1 Å². The highest BCUT2D eigenvalue weighted by Gasteiger charge is 2.42. The van der Waals surface area contributed by atoms with Crippen LogP contribution in [0, 0.1) is 11.6 Å². The number of ketones is 1. The van der Waals surface area contributed by atoms with Crippen molar-refractivity contribution in [2.75, 3.05) is 6.26 Å². The highest BCUT2D eigenvalue weighted by molar-refractivity contribution is 7.98. The Hall–Kier alpha value is -2.14. The van der Waals surface area contributed by atoms with Crippen LogP contribution in [0.5, 0.6) is 0 Å². The van der Waals surface area contributed by atoms with Crippen LogP contribution in [-0.2, 0) is 9.53 Å². The molecule has 0 N–H and O–H groups in total. The number of carbonyl (C=O) groups is 1. The molecule has 0 aliphatic carbocycles. The zero-order valence-corrected chi connectivity index (χ0v) is 14.3. The van der Waals surface area contributed by atoms with Gasteiger partial charge in [-0.05, 0) is 56.0 Å². The molecule has 2 aromatic carbocycles. The van der Waals surface area contributed by atoms with E-state index >= 15 is 0 Å². The van der Waals surface area contributed by atoms with Crippen LogP contribution in [0.2, 0.25) is 0 Å². The van der Waals surface area contributed by atoms with Crippen LogP contribution in [0.25, 0.3) is 11.3 Å². The highest BCUT2D eigenvalue weighted by Crippen LogP contribution is 2.41. The van der Waals surface area contributed by atoms with E-state index in [1.807, 2.05) is 0 Å². The molecule has 124 valence electrons. The fourth-order valence-electron chi connectivity index (χ4n) is 2.67. The molecular weight excluding hydrogens is 330 g/mol. The molecule has 0 fully saturated rings. The minimum atomic E-state index is -1.08. The fraction of sp³-hybridized carbons (Fsp3) is 0.211. The molecule has 0 saturated carbocycles. The lowest BCUT2D eigenvalue weighted by atomic mass is 9.92. The van der Waals surface area contributed by atoms with E-state index in [4.69, 9.17) is 4.74 Å². The minimum absolute atomic E-state index is 0.252. The number of benzene rings is 2. The predicted molar refractivity (Wildman–Crippen MR) is 91.6 cm³/mol. The number of rotatable bonds is 3. The average Bonchev–Trinajstić information content (AvgIpc) is 2.77. The van der Waals surface area contributed by atoms with Gasteiger partial charge < -0.3 is 4.74 Å². The lowest BCUT2D eigenvalue weighted by molar-refractivity contribution is -0.125. The molecule has 0 amide bonds. The quantitative estimate of drug-likeness (QED) is 0.737. The van der Waals surface area contributed by atoms with Gasteiger partial charge in [-0.25, -0.2) is 8.78 Å². The molecule has 1 aliphatic heterocycles. The molecule has 1 heterocycles. The molecule has 0 spiro atoms. The van der Waals surface area contributed by atoms with Gasteiger partial charge in [0, 0.05) is 10.5 Å². The molecule has 0 atom stereocenters. The number of ether oxygens (including phenoxy) is 1. The molecule has 0 unspecified atom stereocenters. The van der Waals surface area contributed by atoms with Crippen LogP contribution in [0.4, 0.5) is 8.78 Å². The first-order valence-electron chi connectivity index (χ1n) is 7.41. The van der Waals surface area contributed by atoms with Crippen molar-refractivity contribution < 1.29 is 18.3 Å². The minimum Gasteiger partial charge on any atom is -0.478 e. The van der Waals surface area contributed by atoms with Gasteiger partial charge in [0.25, 0.3) is 0 Å². The number of hydrogen-bond acceptors (Lipinski definition) is 3. The van der Waals surface area contributed by atoms with Gasteiger partial charge in [0.1, 0.15) is 17.4 Å². The van der Waals surface area contributed by atoms with E-state index in [1.165, 1.54) is 36.0 Å². The molecular formula is C19H16F2O2S. The van der Waals surface area contributed by atoms with Gasteiger partial charge >= 0.3 is 0 Å². The van der Waals surface area contributed by atoms with E-state index in [1.54, 1.807) is 38.3 Å². The second-order valence-electron chi connectivity index (χ2n) is 6.01. The molecule has 0 saturated heterocycles. The van der Waals surface area contributed by atoms with Crippen molar-refractivity contribution in [1.29, 1.82) is 0 Å². The Morgan fingerprint density at radius 2 is 1.79 bits per heavy atom. The predicted octanol–water partition coefficient (Wildman–Crippen LogP) is 4.93. The van der Waals surface area contributed by atoms with E-state index in [-0.39, 0.29) is 22.9 Å². The Balaban J connectivity index is 2.20. The van der Waals surface area contributed by atoms with Crippen LogP contribution in [0.3, 0.4) is 0 Å². The van der Waals surface area contributed by atoms with Crippen molar-refractivity contribution >= 4 is 28.9 Å². The summed E-state index contributed by atoms with van der Waals surface area (Å²) in [5.74, 6) is -0.799. The first-order chi connectivity index (χ1) is 11.3. The van der Waals surface area contributed by atoms with Crippen LogP contribution >= 0.6 is 11.8 Å². The maximum Gasteiger partial charge on any atom is 0.210 e. The molecule has 5 heteroatoms. The summed E-state index contributed by atoms with van der Waals surface area (Å²) >= 11 is 1.30. The maximum atomic E-state index is 14.1. The number of carbonyl (C=O) groups excluding carboxylic acids is 1. The largest absolute Gasteiger partial charge is 0.478 e. The van der Waals surface area contributed by atoms with Gasteiger partial charge in [-0.2, -0.15) is 0 Å². The summed E-state index contributed by atoms with van der Waals surface area (Å²) in [5, 5.41) is 0. The summed E-state index contributed by atoms with van der Waals surface area (Å²) in [6.07, 6.45) is 1.79. The van der Waals surface area contributed by atoms with Gasteiger partial charge in [0.05, 0.1) is 5.57 Å². The maximum absolute atomic E-state index is 14.1. The summed E-state index contributed by atoms with van der Waals surface area (Å²) in [7, 11) is 0. The first kappa shape index (κ1) is 16.7. The van der Waals surface area contributed by atoms with Gasteiger partial charge in [0.15, 0.2) is 5.60 Å². The molecule has 3 rings (SSSR count). The van der Waals surface area contributed by atoms with Crippen molar-refractivity contribution in [3.63, 3.8) is 0 Å².